The van der Waals surface area contributed by atoms with E-state index in [9.17, 15) is 4.79 Å². The van der Waals surface area contributed by atoms with Crippen molar-refractivity contribution in [3.05, 3.63) is 30.3 Å². The first-order chi connectivity index (χ1) is 12.2. The van der Waals surface area contributed by atoms with Gasteiger partial charge >= 0.3 is 0 Å². The Labute approximate surface area is 148 Å². The molecule has 134 valence electrons. The number of aromatic nitrogens is 4. The van der Waals surface area contributed by atoms with Gasteiger partial charge in [0.2, 0.25) is 11.7 Å². The molecule has 2 aromatic rings. The van der Waals surface area contributed by atoms with E-state index in [2.05, 4.69) is 20.7 Å². The molecule has 1 saturated heterocycles. The van der Waals surface area contributed by atoms with Crippen LogP contribution in [-0.2, 0) is 4.79 Å². The van der Waals surface area contributed by atoms with Crippen molar-refractivity contribution in [1.29, 1.82) is 0 Å². The number of likely N-dealkylation sites (tertiary alicyclic amines) is 1. The van der Waals surface area contributed by atoms with E-state index in [1.165, 1.54) is 11.2 Å². The summed E-state index contributed by atoms with van der Waals surface area (Å²) in [6, 6.07) is 9.25. The molecule has 1 aromatic heterocycles. The number of nitrogens with one attached hydrogen (secondary N) is 1. The Morgan fingerprint density at radius 1 is 1.28 bits per heavy atom. The summed E-state index contributed by atoms with van der Waals surface area (Å²) in [5.41, 5.74) is 0.902. The lowest BCUT2D eigenvalue weighted by Gasteiger charge is -2.33. The molecule has 0 saturated carbocycles. The lowest BCUT2D eigenvalue weighted by atomic mass is 9.93. The fourth-order valence-corrected chi connectivity index (χ4v) is 3.25. The van der Waals surface area contributed by atoms with Crippen molar-refractivity contribution in [2.24, 2.45) is 5.92 Å². The highest BCUT2D eigenvalue weighted by molar-refractivity contribution is 5.80. The summed E-state index contributed by atoms with van der Waals surface area (Å²) < 4.78 is 0. The van der Waals surface area contributed by atoms with Crippen LogP contribution in [0.3, 0.4) is 0 Å². The molecule has 1 aromatic carbocycles. The van der Waals surface area contributed by atoms with Crippen LogP contribution in [0, 0.1) is 5.92 Å². The summed E-state index contributed by atoms with van der Waals surface area (Å²) in [5, 5.41) is 15.8. The van der Waals surface area contributed by atoms with Gasteiger partial charge in [-0.05, 0) is 50.9 Å². The Morgan fingerprint density at radius 2 is 2.00 bits per heavy atom. The summed E-state index contributed by atoms with van der Waals surface area (Å²) in [4.78, 5) is 16.1. The van der Waals surface area contributed by atoms with Crippen molar-refractivity contribution in [3.63, 3.8) is 0 Å². The topological polar surface area (TPSA) is 75.9 Å². The quantitative estimate of drug-likeness (QED) is 0.865. The summed E-state index contributed by atoms with van der Waals surface area (Å²) in [7, 11) is 1.98. The average Bonchev–Trinajstić information content (AvgIpc) is 3.16. The Bertz CT molecular complexity index is 678. The molecule has 25 heavy (non-hydrogen) atoms. The van der Waals surface area contributed by atoms with Gasteiger partial charge in [0.25, 0.3) is 0 Å². The van der Waals surface area contributed by atoms with E-state index in [1.54, 1.807) is 0 Å². The number of piperidine rings is 1. The van der Waals surface area contributed by atoms with Gasteiger partial charge in [-0.15, -0.1) is 10.2 Å². The summed E-state index contributed by atoms with van der Waals surface area (Å²) in [6.45, 7) is 4.52. The van der Waals surface area contributed by atoms with Crippen LogP contribution in [0.5, 0.6) is 0 Å². The highest BCUT2D eigenvalue weighted by atomic mass is 16.2. The minimum atomic E-state index is -0.432. The van der Waals surface area contributed by atoms with E-state index in [4.69, 9.17) is 0 Å². The van der Waals surface area contributed by atoms with Crippen LogP contribution in [-0.4, -0.2) is 57.7 Å². The van der Waals surface area contributed by atoms with Crippen LogP contribution in [0.4, 0.5) is 0 Å². The Kier molecular flexibility index (Phi) is 5.75. The number of amides is 1. The van der Waals surface area contributed by atoms with Crippen LogP contribution in [0.15, 0.2) is 30.3 Å². The standard InChI is InChI=1S/C18H26N6O/c1-14(18(25)23-12-9-15(10-13-23)8-11-19-2)24-21-17(20-22-24)16-6-4-3-5-7-16/h3-7,14-15,19H,8-13H2,1-2H3. The third-order valence-corrected chi connectivity index (χ3v) is 4.89. The van der Waals surface area contributed by atoms with Crippen molar-refractivity contribution in [1.82, 2.24) is 30.4 Å². The van der Waals surface area contributed by atoms with Crippen molar-refractivity contribution < 1.29 is 4.79 Å². The second kappa shape index (κ2) is 8.20. The summed E-state index contributed by atoms with van der Waals surface area (Å²) in [5.74, 6) is 1.33. The lowest BCUT2D eigenvalue weighted by molar-refractivity contribution is -0.136. The molecule has 1 aliphatic rings. The van der Waals surface area contributed by atoms with Gasteiger partial charge in [0.15, 0.2) is 0 Å². The normalized spacial score (nSPS) is 16.8. The first-order valence-electron chi connectivity index (χ1n) is 8.97. The van der Waals surface area contributed by atoms with Gasteiger partial charge in [-0.1, -0.05) is 30.3 Å². The van der Waals surface area contributed by atoms with E-state index in [-0.39, 0.29) is 5.91 Å². The van der Waals surface area contributed by atoms with Gasteiger partial charge in [-0.25, -0.2) is 0 Å². The zero-order valence-corrected chi connectivity index (χ0v) is 14.9. The largest absolute Gasteiger partial charge is 0.341 e. The second-order valence-electron chi connectivity index (χ2n) is 6.64. The summed E-state index contributed by atoms with van der Waals surface area (Å²) >= 11 is 0. The molecule has 1 amide bonds. The van der Waals surface area contributed by atoms with E-state index < -0.39 is 6.04 Å². The number of benzene rings is 1. The molecular weight excluding hydrogens is 316 g/mol. The first-order valence-corrected chi connectivity index (χ1v) is 8.97. The number of hydrogen-bond acceptors (Lipinski definition) is 5. The van der Waals surface area contributed by atoms with E-state index in [0.717, 1.165) is 38.0 Å². The highest BCUT2D eigenvalue weighted by Crippen LogP contribution is 2.22. The van der Waals surface area contributed by atoms with Gasteiger partial charge in [0.05, 0.1) is 0 Å². The maximum Gasteiger partial charge on any atom is 0.249 e. The molecule has 0 spiro atoms. The average molecular weight is 342 g/mol. The Balaban J connectivity index is 1.59. The van der Waals surface area contributed by atoms with Crippen LogP contribution in [0.2, 0.25) is 0 Å². The van der Waals surface area contributed by atoms with E-state index in [0.29, 0.717) is 11.7 Å². The van der Waals surface area contributed by atoms with Crippen LogP contribution in [0.25, 0.3) is 11.4 Å². The monoisotopic (exact) mass is 342 g/mol. The van der Waals surface area contributed by atoms with Gasteiger partial charge < -0.3 is 10.2 Å². The molecule has 1 atom stereocenters. The maximum atomic E-state index is 12.7. The molecular formula is C18H26N6O. The Morgan fingerprint density at radius 3 is 2.68 bits per heavy atom. The fourth-order valence-electron chi connectivity index (χ4n) is 3.25. The fraction of sp³-hybridized carbons (Fsp3) is 0.556. The maximum absolute atomic E-state index is 12.7. The first kappa shape index (κ1) is 17.5. The van der Waals surface area contributed by atoms with Gasteiger partial charge in [-0.3, -0.25) is 4.79 Å². The molecule has 0 aliphatic carbocycles. The number of rotatable bonds is 6. The molecule has 7 heteroatoms. The zero-order chi connectivity index (χ0) is 17.6. The smallest absolute Gasteiger partial charge is 0.249 e. The van der Waals surface area contributed by atoms with Crippen molar-refractivity contribution in [2.45, 2.75) is 32.2 Å². The molecule has 3 rings (SSSR count). The second-order valence-corrected chi connectivity index (χ2v) is 6.64. The minimum absolute atomic E-state index is 0.0732. The van der Waals surface area contributed by atoms with E-state index >= 15 is 0 Å². The molecule has 0 radical (unpaired) electrons. The number of tetrazole rings is 1. The van der Waals surface area contributed by atoms with Gasteiger partial charge in [0.1, 0.15) is 6.04 Å². The predicted molar refractivity (Wildman–Crippen MR) is 95.8 cm³/mol. The third kappa shape index (κ3) is 4.22. The van der Waals surface area contributed by atoms with Gasteiger partial charge in [0, 0.05) is 18.7 Å². The van der Waals surface area contributed by atoms with Crippen LogP contribution >= 0.6 is 0 Å². The number of carbonyl (C=O) groups excluding carboxylic acids is 1. The van der Waals surface area contributed by atoms with Gasteiger partial charge in [-0.2, -0.15) is 4.80 Å². The van der Waals surface area contributed by atoms with Crippen molar-refractivity contribution >= 4 is 5.91 Å². The lowest BCUT2D eigenvalue weighted by Crippen LogP contribution is -2.42. The third-order valence-electron chi connectivity index (χ3n) is 4.89. The molecule has 7 nitrogen and oxygen atoms in total. The van der Waals surface area contributed by atoms with Crippen LogP contribution in [0.1, 0.15) is 32.2 Å². The molecule has 2 heterocycles. The molecule has 1 N–H and O–H groups in total. The molecule has 1 aliphatic heterocycles. The number of nitrogens with zero attached hydrogens (tertiary/aromatic N) is 5. The molecule has 1 fully saturated rings. The molecule has 0 bridgehead atoms. The SMILES string of the molecule is CNCCC1CCN(C(=O)C(C)n2nnc(-c3ccccc3)n2)CC1. The highest BCUT2D eigenvalue weighted by Gasteiger charge is 2.28. The molecule has 1 unspecified atom stereocenters. The van der Waals surface area contributed by atoms with Crippen molar-refractivity contribution in [3.8, 4) is 11.4 Å². The Hall–Kier alpha value is -2.28. The summed E-state index contributed by atoms with van der Waals surface area (Å²) in [6.07, 6.45) is 3.32. The predicted octanol–water partition coefficient (Wildman–Crippen LogP) is 1.75. The minimum Gasteiger partial charge on any atom is -0.341 e. The van der Waals surface area contributed by atoms with E-state index in [1.807, 2.05) is 49.2 Å². The van der Waals surface area contributed by atoms with Crippen molar-refractivity contribution in [2.75, 3.05) is 26.7 Å². The number of carbonyl (C=O) groups is 1. The zero-order valence-electron chi connectivity index (χ0n) is 14.9. The van der Waals surface area contributed by atoms with Crippen LogP contribution < -0.4 is 5.32 Å². The number of hydrogen-bond donors (Lipinski definition) is 1.